The molecular weight excluding hydrogens is 250 g/mol. The van der Waals surface area contributed by atoms with Gasteiger partial charge < -0.3 is 10.5 Å². The van der Waals surface area contributed by atoms with Gasteiger partial charge in [-0.05, 0) is 30.3 Å². The maximum atomic E-state index is 11.7. The second-order valence-electron chi connectivity index (χ2n) is 3.89. The number of ether oxygens (including phenoxy) is 1. The number of hydrogen-bond donors (Lipinski definition) is 1. The van der Waals surface area contributed by atoms with Crippen LogP contribution in [0.3, 0.4) is 0 Å². The summed E-state index contributed by atoms with van der Waals surface area (Å²) in [6, 6.07) is 13.5. The summed E-state index contributed by atoms with van der Waals surface area (Å²) in [5, 5.41) is 0. The summed E-state index contributed by atoms with van der Waals surface area (Å²) >= 11 is 0. The molecule has 0 aliphatic heterocycles. The predicted octanol–water partition coefficient (Wildman–Crippen LogP) is 2.46. The molecule has 0 unspecified atom stereocenters. The van der Waals surface area contributed by atoms with Crippen LogP contribution in [0.4, 0.5) is 5.69 Å². The molecule has 2 aromatic rings. The molecule has 94 valence electrons. The topological polar surface area (TPSA) is 69.4 Å². The third kappa shape index (κ3) is 2.81. The van der Waals surface area contributed by atoms with Gasteiger partial charge in [0.05, 0.1) is 0 Å². The Morgan fingerprint density at radius 3 is 2.33 bits per heavy atom. The third-order valence-electron chi connectivity index (χ3n) is 2.34. The van der Waals surface area contributed by atoms with Crippen LogP contribution in [-0.4, -0.2) is 14.7 Å². The van der Waals surface area contributed by atoms with E-state index >= 15 is 0 Å². The number of hydrogen-bond acceptors (Lipinski definition) is 4. The van der Waals surface area contributed by atoms with E-state index in [0.717, 1.165) is 6.26 Å². The van der Waals surface area contributed by atoms with Crippen molar-refractivity contribution in [2.24, 2.45) is 0 Å². The highest BCUT2D eigenvalue weighted by Gasteiger charge is 2.15. The second kappa shape index (κ2) is 4.70. The van der Waals surface area contributed by atoms with E-state index < -0.39 is 9.84 Å². The van der Waals surface area contributed by atoms with Crippen molar-refractivity contribution in [3.05, 3.63) is 48.5 Å². The minimum absolute atomic E-state index is 0.0892. The molecule has 0 aromatic heterocycles. The van der Waals surface area contributed by atoms with E-state index in [9.17, 15) is 8.42 Å². The summed E-state index contributed by atoms with van der Waals surface area (Å²) < 4.78 is 28.9. The molecule has 2 N–H and O–H groups in total. The van der Waals surface area contributed by atoms with Crippen molar-refractivity contribution in [1.82, 2.24) is 0 Å². The Bertz CT molecular complexity index is 651. The number of anilines is 1. The van der Waals surface area contributed by atoms with E-state index in [0.29, 0.717) is 11.4 Å². The minimum Gasteiger partial charge on any atom is -0.456 e. The van der Waals surface area contributed by atoms with E-state index in [1.807, 2.05) is 18.2 Å². The van der Waals surface area contributed by atoms with Crippen LogP contribution in [-0.2, 0) is 9.84 Å². The number of rotatable bonds is 3. The number of para-hydroxylation sites is 1. The Morgan fingerprint density at radius 2 is 1.72 bits per heavy atom. The zero-order chi connectivity index (χ0) is 13.2. The lowest BCUT2D eigenvalue weighted by Gasteiger charge is -2.10. The van der Waals surface area contributed by atoms with E-state index in [2.05, 4.69) is 0 Å². The van der Waals surface area contributed by atoms with Crippen molar-refractivity contribution >= 4 is 15.5 Å². The van der Waals surface area contributed by atoms with Crippen molar-refractivity contribution in [2.75, 3.05) is 12.0 Å². The van der Waals surface area contributed by atoms with Gasteiger partial charge in [-0.2, -0.15) is 0 Å². The molecule has 0 bridgehead atoms. The molecule has 5 heteroatoms. The number of sulfone groups is 1. The fraction of sp³-hybridized carbons (Fsp3) is 0.0769. The first kappa shape index (κ1) is 12.4. The number of nitrogens with two attached hydrogens (primary N) is 1. The molecule has 0 spiro atoms. The summed E-state index contributed by atoms with van der Waals surface area (Å²) in [4.78, 5) is 0.0892. The second-order valence-corrected chi connectivity index (χ2v) is 5.88. The Hall–Kier alpha value is -2.01. The Kier molecular flexibility index (Phi) is 3.25. The highest BCUT2D eigenvalue weighted by atomic mass is 32.2. The van der Waals surface area contributed by atoms with Crippen molar-refractivity contribution in [3.63, 3.8) is 0 Å². The maximum absolute atomic E-state index is 11.7. The first-order chi connectivity index (χ1) is 8.47. The molecule has 0 aliphatic carbocycles. The van der Waals surface area contributed by atoms with Gasteiger partial charge in [0.1, 0.15) is 16.4 Å². The minimum atomic E-state index is -3.38. The van der Waals surface area contributed by atoms with Crippen molar-refractivity contribution < 1.29 is 13.2 Å². The van der Waals surface area contributed by atoms with Crippen LogP contribution in [0, 0.1) is 0 Å². The van der Waals surface area contributed by atoms with E-state index in [1.54, 1.807) is 24.3 Å². The van der Waals surface area contributed by atoms with E-state index in [4.69, 9.17) is 10.5 Å². The highest BCUT2D eigenvalue weighted by molar-refractivity contribution is 7.90. The molecular formula is C13H13NO3S. The van der Waals surface area contributed by atoms with Crippen LogP contribution in [0.5, 0.6) is 11.5 Å². The first-order valence-electron chi connectivity index (χ1n) is 5.29. The fourth-order valence-electron chi connectivity index (χ4n) is 1.51. The Labute approximate surface area is 106 Å². The molecule has 0 radical (unpaired) electrons. The lowest BCUT2D eigenvalue weighted by Crippen LogP contribution is -2.01. The van der Waals surface area contributed by atoms with Gasteiger partial charge >= 0.3 is 0 Å². The molecule has 2 aromatic carbocycles. The largest absolute Gasteiger partial charge is 0.456 e. The zero-order valence-electron chi connectivity index (χ0n) is 9.83. The smallest absolute Gasteiger partial charge is 0.179 e. The molecule has 0 atom stereocenters. The van der Waals surface area contributed by atoms with Crippen molar-refractivity contribution in [3.8, 4) is 11.5 Å². The van der Waals surface area contributed by atoms with Crippen LogP contribution in [0.1, 0.15) is 0 Å². The van der Waals surface area contributed by atoms with Crippen LogP contribution < -0.4 is 10.5 Å². The number of benzene rings is 2. The van der Waals surface area contributed by atoms with Gasteiger partial charge in [0.25, 0.3) is 0 Å². The van der Waals surface area contributed by atoms with Gasteiger partial charge in [0, 0.05) is 11.9 Å². The van der Waals surface area contributed by atoms with Gasteiger partial charge in [-0.15, -0.1) is 0 Å². The molecule has 0 fully saturated rings. The average Bonchev–Trinajstić information content (AvgIpc) is 2.31. The highest BCUT2D eigenvalue weighted by Crippen LogP contribution is 2.30. The average molecular weight is 263 g/mol. The van der Waals surface area contributed by atoms with Gasteiger partial charge in [-0.1, -0.05) is 18.2 Å². The number of nitrogen functional groups attached to an aromatic ring is 1. The quantitative estimate of drug-likeness (QED) is 0.864. The normalized spacial score (nSPS) is 11.2. The molecule has 0 saturated heterocycles. The van der Waals surface area contributed by atoms with Crippen LogP contribution in [0.2, 0.25) is 0 Å². The molecule has 0 saturated carbocycles. The molecule has 4 nitrogen and oxygen atoms in total. The summed E-state index contributed by atoms with van der Waals surface area (Å²) in [6.07, 6.45) is 1.12. The molecule has 2 rings (SSSR count). The summed E-state index contributed by atoms with van der Waals surface area (Å²) in [7, 11) is -3.38. The lowest BCUT2D eigenvalue weighted by molar-refractivity contribution is 0.468. The van der Waals surface area contributed by atoms with Gasteiger partial charge in [0.15, 0.2) is 9.84 Å². The first-order valence-corrected chi connectivity index (χ1v) is 7.18. The van der Waals surface area contributed by atoms with Crippen molar-refractivity contribution in [2.45, 2.75) is 4.90 Å². The Balaban J connectivity index is 2.46. The Morgan fingerprint density at radius 1 is 1.06 bits per heavy atom. The fourth-order valence-corrected chi connectivity index (χ4v) is 2.34. The van der Waals surface area contributed by atoms with Gasteiger partial charge in [0.2, 0.25) is 0 Å². The van der Waals surface area contributed by atoms with Crippen LogP contribution in [0.15, 0.2) is 53.4 Å². The van der Waals surface area contributed by atoms with E-state index in [1.165, 1.54) is 6.07 Å². The van der Waals surface area contributed by atoms with E-state index in [-0.39, 0.29) is 10.6 Å². The molecule has 0 amide bonds. The van der Waals surface area contributed by atoms with Crippen molar-refractivity contribution in [1.29, 1.82) is 0 Å². The maximum Gasteiger partial charge on any atom is 0.179 e. The molecule has 0 aliphatic rings. The van der Waals surface area contributed by atoms with Crippen LogP contribution >= 0.6 is 0 Å². The molecule has 0 heterocycles. The monoisotopic (exact) mass is 263 g/mol. The zero-order valence-corrected chi connectivity index (χ0v) is 10.6. The van der Waals surface area contributed by atoms with Crippen LogP contribution in [0.25, 0.3) is 0 Å². The summed E-state index contributed by atoms with van der Waals surface area (Å²) in [6.45, 7) is 0. The summed E-state index contributed by atoms with van der Waals surface area (Å²) in [5.41, 5.74) is 5.98. The van der Waals surface area contributed by atoms with Gasteiger partial charge in [-0.3, -0.25) is 0 Å². The standard InChI is InChI=1S/C13H13NO3S/c1-18(15,16)13-9-10(14)7-8-12(13)17-11-5-3-2-4-6-11/h2-9H,14H2,1H3. The van der Waals surface area contributed by atoms with Gasteiger partial charge in [-0.25, -0.2) is 8.42 Å². The predicted molar refractivity (Wildman–Crippen MR) is 70.5 cm³/mol. The summed E-state index contributed by atoms with van der Waals surface area (Å²) in [5.74, 6) is 0.852. The SMILES string of the molecule is CS(=O)(=O)c1cc(N)ccc1Oc1ccccc1. The third-order valence-corrected chi connectivity index (χ3v) is 3.46. The molecule has 18 heavy (non-hydrogen) atoms. The lowest BCUT2D eigenvalue weighted by atomic mass is 10.3.